The Bertz CT molecular complexity index is 1290. The van der Waals surface area contributed by atoms with Crippen LogP contribution < -0.4 is 15.5 Å². The van der Waals surface area contributed by atoms with Crippen LogP contribution in [-0.4, -0.2) is 76.2 Å². The highest BCUT2D eigenvalue weighted by atomic mass is 19.1. The monoisotopic (exact) mass is 526 g/mol. The molecule has 3 aromatic rings. The molecule has 5 rings (SSSR count). The Morgan fingerprint density at radius 1 is 1.13 bits per heavy atom. The van der Waals surface area contributed by atoms with Gasteiger partial charge in [-0.1, -0.05) is 12.1 Å². The van der Waals surface area contributed by atoms with Crippen LogP contribution in [0.1, 0.15) is 53.0 Å². The number of amides is 1. The quantitative estimate of drug-likeness (QED) is 0.517. The molecular weight excluding hydrogens is 494 g/mol. The molecule has 38 heavy (non-hydrogen) atoms. The number of carbonyl (C=O) groups excluding carboxylic acids is 1. The number of piperidine rings is 1. The Labute approximate surface area is 219 Å². The lowest BCUT2D eigenvalue weighted by Crippen LogP contribution is -2.45. The number of nitrogens with zero attached hydrogens (tertiary/aromatic N) is 7. The highest BCUT2D eigenvalue weighted by molar-refractivity contribution is 5.93. The van der Waals surface area contributed by atoms with Crippen molar-refractivity contribution in [2.75, 3.05) is 43.0 Å². The summed E-state index contributed by atoms with van der Waals surface area (Å²) < 4.78 is 33.5. The van der Waals surface area contributed by atoms with Gasteiger partial charge in [-0.15, -0.1) is 0 Å². The van der Waals surface area contributed by atoms with E-state index in [1.807, 2.05) is 16.7 Å². The second kappa shape index (κ2) is 10.6. The van der Waals surface area contributed by atoms with Crippen LogP contribution in [0.5, 0.6) is 0 Å². The molecule has 4 heterocycles. The maximum atomic E-state index is 14.5. The summed E-state index contributed by atoms with van der Waals surface area (Å²) in [5, 5.41) is 3.95. The lowest BCUT2D eigenvalue weighted by atomic mass is 9.93. The number of carbonyl (C=O) groups is 1. The molecule has 1 aromatic carbocycles. The smallest absolute Gasteiger partial charge is 0.324 e. The minimum absolute atomic E-state index is 0.0680. The van der Waals surface area contributed by atoms with Gasteiger partial charge in [0.2, 0.25) is 5.95 Å². The molecule has 0 saturated carbocycles. The number of halogens is 2. The van der Waals surface area contributed by atoms with Gasteiger partial charge in [0.15, 0.2) is 5.82 Å². The molecule has 2 aliphatic heterocycles. The lowest BCUT2D eigenvalue weighted by Gasteiger charge is -2.35. The van der Waals surface area contributed by atoms with Crippen LogP contribution in [0.25, 0.3) is 0 Å². The van der Waals surface area contributed by atoms with Gasteiger partial charge >= 0.3 is 6.01 Å². The Morgan fingerprint density at radius 2 is 1.84 bits per heavy atom. The predicted molar refractivity (Wildman–Crippen MR) is 137 cm³/mol. The molecule has 0 spiro atoms. The first-order chi connectivity index (χ1) is 18.2. The van der Waals surface area contributed by atoms with Gasteiger partial charge in [-0.05, 0) is 37.0 Å². The minimum atomic E-state index is -0.603. The summed E-state index contributed by atoms with van der Waals surface area (Å²) in [6.45, 7) is 5.83. The van der Waals surface area contributed by atoms with E-state index in [-0.39, 0.29) is 23.9 Å². The van der Waals surface area contributed by atoms with Crippen LogP contribution in [0, 0.1) is 18.6 Å². The Morgan fingerprint density at radius 3 is 2.50 bits per heavy atom. The van der Waals surface area contributed by atoms with Crippen LogP contribution in [-0.2, 0) is 6.42 Å². The molecule has 0 aliphatic carbocycles. The third-order valence-electron chi connectivity index (χ3n) is 7.59. The summed E-state index contributed by atoms with van der Waals surface area (Å²) in [5.41, 5.74) is 7.48. The number of benzene rings is 1. The van der Waals surface area contributed by atoms with Crippen molar-refractivity contribution in [3.8, 4) is 0 Å². The van der Waals surface area contributed by atoms with E-state index >= 15 is 0 Å². The van der Waals surface area contributed by atoms with Crippen LogP contribution in [0.15, 0.2) is 29.0 Å². The molecule has 2 aliphatic rings. The first-order valence-corrected chi connectivity index (χ1v) is 12.9. The molecule has 0 radical (unpaired) electrons. The van der Waals surface area contributed by atoms with Crippen molar-refractivity contribution in [2.45, 2.75) is 51.1 Å². The number of nitrogens with two attached hydrogens (primary N) is 1. The number of hydrogen-bond donors (Lipinski definition) is 1. The highest BCUT2D eigenvalue weighted by Gasteiger charge is 2.35. The standard InChI is InChI=1S/C26H32F2N8O2/c1-4-23-32-26(38-33-23)35-7-5-17(6-8-35)34(3)24(37)16-11-30-25(31-12-16)36-13-19(22(29)14-36)18-9-15(2)20(27)10-21(18)28/h9-12,17,19,22H,4-8,13-14,29H2,1-3H3/t19-,22+/m1/s1. The summed E-state index contributed by atoms with van der Waals surface area (Å²) in [5.74, 6) is -0.555. The molecule has 0 unspecified atom stereocenters. The average molecular weight is 527 g/mol. The second-order valence-corrected chi connectivity index (χ2v) is 10.1. The average Bonchev–Trinajstić information content (AvgIpc) is 3.57. The van der Waals surface area contributed by atoms with E-state index in [1.54, 1.807) is 18.9 Å². The Hall–Kier alpha value is -3.67. The van der Waals surface area contributed by atoms with Crippen molar-refractivity contribution in [3.05, 3.63) is 58.7 Å². The first kappa shape index (κ1) is 26.0. The zero-order valence-corrected chi connectivity index (χ0v) is 21.8. The minimum Gasteiger partial charge on any atom is -0.339 e. The molecule has 2 atom stereocenters. The number of aryl methyl sites for hydroxylation is 2. The molecule has 1 amide bonds. The summed E-state index contributed by atoms with van der Waals surface area (Å²) in [6.07, 6.45) is 5.30. The highest BCUT2D eigenvalue weighted by Crippen LogP contribution is 2.31. The summed E-state index contributed by atoms with van der Waals surface area (Å²) in [7, 11) is 1.79. The van der Waals surface area contributed by atoms with Gasteiger partial charge in [-0.2, -0.15) is 4.98 Å². The molecular formula is C26H32F2N8O2. The summed E-state index contributed by atoms with van der Waals surface area (Å²) in [6, 6.07) is 2.66. The molecule has 2 aromatic heterocycles. The second-order valence-electron chi connectivity index (χ2n) is 10.1. The first-order valence-electron chi connectivity index (χ1n) is 12.9. The van der Waals surface area contributed by atoms with Crippen molar-refractivity contribution < 1.29 is 18.1 Å². The Kier molecular flexibility index (Phi) is 7.24. The van der Waals surface area contributed by atoms with E-state index in [0.717, 1.165) is 25.3 Å². The van der Waals surface area contributed by atoms with Gasteiger partial charge in [0.25, 0.3) is 5.91 Å². The molecule has 2 fully saturated rings. The van der Waals surface area contributed by atoms with Crippen LogP contribution >= 0.6 is 0 Å². The maximum absolute atomic E-state index is 14.5. The van der Waals surface area contributed by atoms with Gasteiger partial charge in [-0.25, -0.2) is 18.7 Å². The predicted octanol–water partition coefficient (Wildman–Crippen LogP) is 2.68. The zero-order valence-electron chi connectivity index (χ0n) is 21.8. The molecule has 2 N–H and O–H groups in total. The molecule has 0 bridgehead atoms. The largest absolute Gasteiger partial charge is 0.339 e. The van der Waals surface area contributed by atoms with E-state index in [1.165, 1.54) is 18.5 Å². The third-order valence-corrected chi connectivity index (χ3v) is 7.59. The van der Waals surface area contributed by atoms with Gasteiger partial charge in [-0.3, -0.25) is 4.79 Å². The topological polar surface area (TPSA) is 118 Å². The fourth-order valence-electron chi connectivity index (χ4n) is 5.21. The molecule has 202 valence electrons. The van der Waals surface area contributed by atoms with E-state index in [2.05, 4.69) is 20.1 Å². The van der Waals surface area contributed by atoms with Crippen molar-refractivity contribution >= 4 is 17.9 Å². The molecule has 2 saturated heterocycles. The third kappa shape index (κ3) is 5.04. The normalized spacial score (nSPS) is 20.3. The molecule has 10 nitrogen and oxygen atoms in total. The van der Waals surface area contributed by atoms with Gasteiger partial charge < -0.3 is 25.0 Å². The van der Waals surface area contributed by atoms with Crippen LogP contribution in [0.2, 0.25) is 0 Å². The zero-order chi connectivity index (χ0) is 27.0. The van der Waals surface area contributed by atoms with Crippen molar-refractivity contribution in [1.29, 1.82) is 0 Å². The number of rotatable bonds is 6. The van der Waals surface area contributed by atoms with Gasteiger partial charge in [0.1, 0.15) is 11.6 Å². The maximum Gasteiger partial charge on any atom is 0.324 e. The van der Waals surface area contributed by atoms with Crippen molar-refractivity contribution in [2.24, 2.45) is 5.73 Å². The lowest BCUT2D eigenvalue weighted by molar-refractivity contribution is 0.0707. The number of hydrogen-bond acceptors (Lipinski definition) is 9. The SMILES string of the molecule is CCc1noc(N2CCC(N(C)C(=O)c3cnc(N4C[C@H](c5cc(C)c(F)cc5F)[C@@H](N)C4)nc3)CC2)n1. The number of aromatic nitrogens is 4. The summed E-state index contributed by atoms with van der Waals surface area (Å²) in [4.78, 5) is 32.0. The van der Waals surface area contributed by atoms with E-state index in [4.69, 9.17) is 10.3 Å². The van der Waals surface area contributed by atoms with Crippen LogP contribution in [0.3, 0.4) is 0 Å². The fraction of sp³-hybridized carbons (Fsp3) is 0.500. The number of anilines is 2. The molecule has 12 heteroatoms. The van der Waals surface area contributed by atoms with E-state index in [0.29, 0.717) is 60.7 Å². The van der Waals surface area contributed by atoms with Crippen molar-refractivity contribution in [1.82, 2.24) is 25.0 Å². The van der Waals surface area contributed by atoms with E-state index < -0.39 is 11.6 Å². The Balaban J connectivity index is 1.20. The summed E-state index contributed by atoms with van der Waals surface area (Å²) >= 11 is 0. The van der Waals surface area contributed by atoms with Gasteiger partial charge in [0.05, 0.1) is 5.56 Å². The van der Waals surface area contributed by atoms with E-state index in [9.17, 15) is 13.6 Å². The van der Waals surface area contributed by atoms with Gasteiger partial charge in [0, 0.05) is 76.1 Å². The van der Waals surface area contributed by atoms with Crippen LogP contribution in [0.4, 0.5) is 20.7 Å². The fourth-order valence-corrected chi connectivity index (χ4v) is 5.21. The van der Waals surface area contributed by atoms with Crippen molar-refractivity contribution in [3.63, 3.8) is 0 Å².